The first-order valence-corrected chi connectivity index (χ1v) is 18.8. The molecule has 0 aromatic rings. The smallest absolute Gasteiger partial charge is 0.137 e. The van der Waals surface area contributed by atoms with Gasteiger partial charge in [0, 0.05) is 19.3 Å². The quantitative estimate of drug-likeness (QED) is 0.127. The van der Waals surface area contributed by atoms with Crippen LogP contribution in [-0.2, 0) is 33.9 Å². The van der Waals surface area contributed by atoms with E-state index in [4.69, 9.17) is 39.0 Å². The zero-order valence-corrected chi connectivity index (χ0v) is 29.4. The van der Waals surface area contributed by atoms with E-state index < -0.39 is 5.60 Å². The Hall–Kier alpha value is -1.03. The summed E-state index contributed by atoms with van der Waals surface area (Å²) in [5, 5.41) is 4.92. The number of rotatable bonds is 6. The van der Waals surface area contributed by atoms with E-state index in [-0.39, 0.29) is 47.1 Å². The van der Waals surface area contributed by atoms with Crippen molar-refractivity contribution in [2.24, 2.45) is 52.5 Å². The summed E-state index contributed by atoms with van der Waals surface area (Å²) in [5.74, 6) is 3.32. The molecule has 10 rings (SSSR count). The molecule has 0 amide bonds. The van der Waals surface area contributed by atoms with Crippen LogP contribution in [0.5, 0.6) is 0 Å². The lowest BCUT2D eigenvalue weighted by Crippen LogP contribution is -2.71. The van der Waals surface area contributed by atoms with Crippen molar-refractivity contribution in [1.29, 1.82) is 0 Å². The van der Waals surface area contributed by atoms with E-state index in [9.17, 15) is 0 Å². The minimum atomic E-state index is -0.394. The number of ether oxygens (including phenoxy) is 2. The van der Waals surface area contributed by atoms with Gasteiger partial charge in [0.2, 0.25) is 0 Å². The second kappa shape index (κ2) is 11.2. The predicted molar refractivity (Wildman–Crippen MR) is 174 cm³/mol. The molecule has 4 bridgehead atoms. The maximum Gasteiger partial charge on any atom is 0.137 e. The van der Waals surface area contributed by atoms with Crippen LogP contribution in [0.1, 0.15) is 119 Å². The lowest BCUT2D eigenvalue weighted by molar-refractivity contribution is -0.487. The van der Waals surface area contributed by atoms with Crippen molar-refractivity contribution in [1.82, 2.24) is 0 Å². The Kier molecular flexibility index (Phi) is 7.87. The van der Waals surface area contributed by atoms with Crippen molar-refractivity contribution in [2.75, 3.05) is 6.61 Å². The zero-order valence-electron chi connectivity index (χ0n) is 29.4. The third-order valence-electron chi connectivity index (χ3n) is 14.8. The first-order valence-electron chi connectivity index (χ1n) is 18.8. The molecule has 258 valence electrons. The third-order valence-corrected chi connectivity index (χ3v) is 14.8. The first kappa shape index (κ1) is 32.2. The van der Waals surface area contributed by atoms with Crippen molar-refractivity contribution >= 4 is 5.71 Å². The lowest BCUT2D eigenvalue weighted by Gasteiger charge is -2.62. The second-order valence-corrected chi connectivity index (χ2v) is 17.9. The highest BCUT2D eigenvalue weighted by molar-refractivity contribution is 5.89. The van der Waals surface area contributed by atoms with Gasteiger partial charge in [0.25, 0.3) is 0 Å². The molecule has 2 spiro atoms. The van der Waals surface area contributed by atoms with Crippen LogP contribution in [0.4, 0.5) is 0 Å². The van der Waals surface area contributed by atoms with E-state index in [1.54, 1.807) is 0 Å². The van der Waals surface area contributed by atoms with Crippen LogP contribution in [-0.4, -0.2) is 59.1 Å². The van der Waals surface area contributed by atoms with Crippen LogP contribution < -0.4 is 0 Å². The number of hydrogen-bond acceptors (Lipinski definition) is 8. The lowest BCUT2D eigenvalue weighted by atomic mass is 9.55. The Morgan fingerprint density at radius 2 is 1.26 bits per heavy atom. The topological polar surface area (TPSA) is 77.0 Å². The fourth-order valence-corrected chi connectivity index (χ4v) is 12.2. The molecule has 8 heteroatoms. The molecule has 6 saturated heterocycles. The molecule has 0 aromatic carbocycles. The van der Waals surface area contributed by atoms with Gasteiger partial charge in [-0.3, -0.25) is 0 Å². The van der Waals surface area contributed by atoms with Gasteiger partial charge in [-0.25, -0.2) is 19.6 Å². The van der Waals surface area contributed by atoms with Gasteiger partial charge < -0.3 is 14.3 Å². The van der Waals surface area contributed by atoms with Gasteiger partial charge in [-0.1, -0.05) is 39.4 Å². The number of fused-ring (bicyclic) bond motifs is 4. The standard InChI is InChI=1S/C38H59NO7/c1-21(2)20-40-39-30(34-25(6)29-12-10-23(4)27-14-16-36(8)19-33(42-34)38(27,29)46-44-36)17-31-24(5)28-11-9-22(3)26-13-15-35(7)18-32(41-31)37(26,28)45-43-35/h22-29,31-34H,1,9-20H2,2-8H3/b39-30-/t22-,23-,24-,25-,26+,27+,28+,29+,31-,32-,33-,34+,35-,36-,37-,38-/m1/s1. The molecule has 4 saturated carbocycles. The normalized spacial score (nSPS) is 55.9. The summed E-state index contributed by atoms with van der Waals surface area (Å²) in [5.41, 5.74) is 0.547. The molecular weight excluding hydrogens is 582 g/mol. The Balaban J connectivity index is 1.12. The van der Waals surface area contributed by atoms with E-state index in [0.717, 1.165) is 62.7 Å². The monoisotopic (exact) mass is 641 g/mol. The van der Waals surface area contributed by atoms with Crippen LogP contribution in [0, 0.1) is 47.3 Å². The molecule has 4 aliphatic carbocycles. The molecule has 0 aromatic heterocycles. The molecule has 0 radical (unpaired) electrons. The molecule has 6 aliphatic heterocycles. The molecule has 8 nitrogen and oxygen atoms in total. The molecule has 16 atom stereocenters. The van der Waals surface area contributed by atoms with Crippen LogP contribution in [0.25, 0.3) is 0 Å². The van der Waals surface area contributed by atoms with Gasteiger partial charge in [-0.2, -0.15) is 0 Å². The van der Waals surface area contributed by atoms with Gasteiger partial charge in [0.05, 0.1) is 24.0 Å². The Labute approximate surface area is 276 Å². The molecular formula is C38H59NO7. The Bertz CT molecular complexity index is 1240. The third kappa shape index (κ3) is 4.70. The second-order valence-electron chi connectivity index (χ2n) is 17.9. The van der Waals surface area contributed by atoms with E-state index in [0.29, 0.717) is 54.5 Å². The summed E-state index contributed by atoms with van der Waals surface area (Å²) in [6, 6.07) is 0. The summed E-state index contributed by atoms with van der Waals surface area (Å²) in [7, 11) is 0. The van der Waals surface area contributed by atoms with Crippen molar-refractivity contribution < 1.29 is 33.9 Å². The van der Waals surface area contributed by atoms with Crippen molar-refractivity contribution in [3.63, 3.8) is 0 Å². The summed E-state index contributed by atoms with van der Waals surface area (Å²) >= 11 is 0. The number of oxime groups is 1. The van der Waals surface area contributed by atoms with Crippen LogP contribution in [0.3, 0.4) is 0 Å². The highest BCUT2D eigenvalue weighted by Crippen LogP contribution is 2.63. The molecule has 6 heterocycles. The molecule has 0 N–H and O–H groups in total. The Morgan fingerprint density at radius 1 is 0.717 bits per heavy atom. The van der Waals surface area contributed by atoms with Crippen LogP contribution in [0.15, 0.2) is 17.3 Å². The maximum atomic E-state index is 7.30. The SMILES string of the molecule is C=C(C)CO/N=C(/C[C@H]1O[C@@H]2C[C@@]3(C)CC[C@H]4[C@H](C)CC[C@@H]([C@H]1C)[C@@]24OO3)[C@H]1O[C@@H]2C[C@@]3(C)CC[C@H]4[C@H](C)CC[C@@H]([C@H]1C)[C@@]24OO3. The number of nitrogens with zero attached hydrogens (tertiary/aromatic N) is 1. The van der Waals surface area contributed by atoms with E-state index in [1.807, 2.05) is 6.92 Å². The Morgan fingerprint density at radius 3 is 1.83 bits per heavy atom. The zero-order chi connectivity index (χ0) is 32.2. The highest BCUT2D eigenvalue weighted by Gasteiger charge is 2.70. The fraction of sp³-hybridized carbons (Fsp3) is 0.921. The molecule has 10 fully saturated rings. The van der Waals surface area contributed by atoms with E-state index in [1.165, 1.54) is 12.8 Å². The minimum Gasteiger partial charge on any atom is -0.391 e. The fourth-order valence-electron chi connectivity index (χ4n) is 12.2. The summed E-state index contributed by atoms with van der Waals surface area (Å²) < 4.78 is 14.6. The summed E-state index contributed by atoms with van der Waals surface area (Å²) in [6.07, 6.45) is 11.3. The van der Waals surface area contributed by atoms with Gasteiger partial charge >= 0.3 is 0 Å². The van der Waals surface area contributed by atoms with Gasteiger partial charge in [-0.05, 0) is 125 Å². The number of hydrogen-bond donors (Lipinski definition) is 0. The van der Waals surface area contributed by atoms with E-state index in [2.05, 4.69) is 48.1 Å². The summed E-state index contributed by atoms with van der Waals surface area (Å²) in [4.78, 5) is 31.8. The largest absolute Gasteiger partial charge is 0.391 e. The van der Waals surface area contributed by atoms with Crippen molar-refractivity contribution in [2.45, 2.75) is 166 Å². The van der Waals surface area contributed by atoms with E-state index >= 15 is 0 Å². The minimum absolute atomic E-state index is 0.00177. The first-order chi connectivity index (χ1) is 21.9. The van der Waals surface area contributed by atoms with Gasteiger partial charge in [-0.15, -0.1) is 0 Å². The van der Waals surface area contributed by atoms with Crippen LogP contribution in [0.2, 0.25) is 0 Å². The maximum absolute atomic E-state index is 7.30. The van der Waals surface area contributed by atoms with Crippen molar-refractivity contribution in [3.05, 3.63) is 12.2 Å². The highest BCUT2D eigenvalue weighted by atomic mass is 17.2. The average Bonchev–Trinajstić information content (AvgIpc) is 3.38. The molecule has 46 heavy (non-hydrogen) atoms. The predicted octanol–water partition coefficient (Wildman–Crippen LogP) is 7.74. The van der Waals surface area contributed by atoms with Gasteiger partial charge in [0.1, 0.15) is 35.1 Å². The molecule has 0 unspecified atom stereocenters. The summed E-state index contributed by atoms with van der Waals surface area (Å²) in [6.45, 7) is 20.4. The molecule has 10 aliphatic rings. The van der Waals surface area contributed by atoms with Gasteiger partial charge in [0.15, 0.2) is 0 Å². The average molecular weight is 642 g/mol. The van der Waals surface area contributed by atoms with Crippen LogP contribution >= 0.6 is 0 Å². The van der Waals surface area contributed by atoms with Crippen molar-refractivity contribution in [3.8, 4) is 0 Å².